The number of carbonyl (C=O) groups excluding carboxylic acids is 1. The van der Waals surface area contributed by atoms with E-state index in [1.807, 2.05) is 13.8 Å². The van der Waals surface area contributed by atoms with Gasteiger partial charge < -0.3 is 20.1 Å². The molecule has 1 fully saturated rings. The van der Waals surface area contributed by atoms with Crippen molar-refractivity contribution >= 4 is 5.91 Å². The lowest BCUT2D eigenvalue weighted by Crippen LogP contribution is -2.48. The maximum absolute atomic E-state index is 11.7. The summed E-state index contributed by atoms with van der Waals surface area (Å²) in [5.74, 6) is -0.0782. The van der Waals surface area contributed by atoms with Crippen LogP contribution in [0.25, 0.3) is 0 Å². The van der Waals surface area contributed by atoms with Gasteiger partial charge in [0.05, 0.1) is 18.2 Å². The van der Waals surface area contributed by atoms with E-state index in [1.54, 1.807) is 7.11 Å². The van der Waals surface area contributed by atoms with Crippen molar-refractivity contribution < 1.29 is 14.3 Å². The fraction of sp³-hybridized carbons (Fsp3) is 0.917. The van der Waals surface area contributed by atoms with Crippen LogP contribution in [0.5, 0.6) is 0 Å². The number of hydrogen-bond donors (Lipinski definition) is 2. The zero-order chi connectivity index (χ0) is 12.7. The molecule has 5 heteroatoms. The topological polar surface area (TPSA) is 59.6 Å². The van der Waals surface area contributed by atoms with Crippen molar-refractivity contribution in [3.05, 3.63) is 0 Å². The third-order valence-electron chi connectivity index (χ3n) is 2.72. The summed E-state index contributed by atoms with van der Waals surface area (Å²) >= 11 is 0. The summed E-state index contributed by atoms with van der Waals surface area (Å²) < 4.78 is 10.6. The predicted octanol–water partition coefficient (Wildman–Crippen LogP) is 0.296. The van der Waals surface area contributed by atoms with Crippen molar-refractivity contribution in [3.8, 4) is 0 Å². The van der Waals surface area contributed by atoms with Gasteiger partial charge in [-0.25, -0.2) is 0 Å². The Kier molecular flexibility index (Phi) is 5.88. The highest BCUT2D eigenvalue weighted by molar-refractivity contribution is 5.77. The molecule has 100 valence electrons. The maximum Gasteiger partial charge on any atom is 0.246 e. The van der Waals surface area contributed by atoms with Crippen molar-refractivity contribution in [3.63, 3.8) is 0 Å². The summed E-state index contributed by atoms with van der Waals surface area (Å²) in [6.45, 7) is 6.44. The highest BCUT2D eigenvalue weighted by Gasteiger charge is 2.21. The van der Waals surface area contributed by atoms with Crippen molar-refractivity contribution in [2.45, 2.75) is 38.3 Å². The Morgan fingerprint density at radius 2 is 2.06 bits per heavy atom. The van der Waals surface area contributed by atoms with E-state index in [0.717, 1.165) is 25.9 Å². The van der Waals surface area contributed by atoms with E-state index in [9.17, 15) is 4.79 Å². The van der Waals surface area contributed by atoms with E-state index in [4.69, 9.17) is 9.47 Å². The molecule has 0 aromatic heterocycles. The molecule has 1 amide bonds. The lowest BCUT2D eigenvalue weighted by atomic mass is 10.1. The smallest absolute Gasteiger partial charge is 0.246 e. The highest BCUT2D eigenvalue weighted by Crippen LogP contribution is 2.07. The standard InChI is InChI=1S/C12H24N2O3/c1-12(2,9-16-3)14-11(15)8-17-10-4-6-13-7-5-10/h10,13H,4-9H2,1-3H3,(H,14,15). The average molecular weight is 244 g/mol. The van der Waals surface area contributed by atoms with Gasteiger partial charge in [-0.2, -0.15) is 0 Å². The number of ether oxygens (including phenoxy) is 2. The molecule has 0 atom stereocenters. The summed E-state index contributed by atoms with van der Waals surface area (Å²) in [6, 6.07) is 0. The van der Waals surface area contributed by atoms with E-state index >= 15 is 0 Å². The van der Waals surface area contributed by atoms with Gasteiger partial charge in [-0.3, -0.25) is 4.79 Å². The minimum Gasteiger partial charge on any atom is -0.382 e. The number of methoxy groups -OCH3 is 1. The summed E-state index contributed by atoms with van der Waals surface area (Å²) in [4.78, 5) is 11.7. The molecule has 2 N–H and O–H groups in total. The Hall–Kier alpha value is -0.650. The minimum atomic E-state index is -0.344. The minimum absolute atomic E-state index is 0.0782. The summed E-state index contributed by atoms with van der Waals surface area (Å²) in [7, 11) is 1.62. The zero-order valence-corrected chi connectivity index (χ0v) is 11.0. The number of rotatable bonds is 6. The predicted molar refractivity (Wildman–Crippen MR) is 65.9 cm³/mol. The molecule has 0 bridgehead atoms. The SMILES string of the molecule is COCC(C)(C)NC(=O)COC1CCNCC1. The lowest BCUT2D eigenvalue weighted by molar-refractivity contribution is -0.130. The maximum atomic E-state index is 11.7. The molecule has 1 heterocycles. The van der Waals surface area contributed by atoms with Gasteiger partial charge in [-0.05, 0) is 39.8 Å². The molecule has 0 unspecified atom stereocenters. The van der Waals surface area contributed by atoms with Crippen LogP contribution in [0.2, 0.25) is 0 Å². The monoisotopic (exact) mass is 244 g/mol. The molecular formula is C12H24N2O3. The fourth-order valence-electron chi connectivity index (χ4n) is 1.97. The lowest BCUT2D eigenvalue weighted by Gasteiger charge is -2.27. The third-order valence-corrected chi connectivity index (χ3v) is 2.72. The first-order valence-corrected chi connectivity index (χ1v) is 6.16. The van der Waals surface area contributed by atoms with E-state index in [-0.39, 0.29) is 24.2 Å². The molecule has 1 aliphatic heterocycles. The van der Waals surface area contributed by atoms with Gasteiger partial charge in [0.2, 0.25) is 5.91 Å². The third kappa shape index (κ3) is 6.00. The van der Waals surface area contributed by atoms with Crippen LogP contribution in [0.3, 0.4) is 0 Å². The molecule has 17 heavy (non-hydrogen) atoms. The van der Waals surface area contributed by atoms with Crippen LogP contribution in [0.1, 0.15) is 26.7 Å². The molecule has 0 radical (unpaired) electrons. The molecule has 0 saturated carbocycles. The molecule has 1 rings (SSSR count). The summed E-state index contributed by atoms with van der Waals surface area (Å²) in [5.41, 5.74) is -0.344. The summed E-state index contributed by atoms with van der Waals surface area (Å²) in [6.07, 6.45) is 2.18. The Bertz CT molecular complexity index is 238. The second-order valence-electron chi connectivity index (χ2n) is 5.13. The number of amides is 1. The Morgan fingerprint density at radius 1 is 1.41 bits per heavy atom. The van der Waals surface area contributed by atoms with Crippen LogP contribution in [0.15, 0.2) is 0 Å². The van der Waals surface area contributed by atoms with E-state index < -0.39 is 0 Å². The van der Waals surface area contributed by atoms with Crippen molar-refractivity contribution in [2.75, 3.05) is 33.4 Å². The van der Waals surface area contributed by atoms with Crippen LogP contribution in [-0.2, 0) is 14.3 Å². The Balaban J connectivity index is 2.20. The first-order valence-electron chi connectivity index (χ1n) is 6.16. The fourth-order valence-corrected chi connectivity index (χ4v) is 1.97. The highest BCUT2D eigenvalue weighted by atomic mass is 16.5. The molecule has 0 aromatic carbocycles. The second-order valence-corrected chi connectivity index (χ2v) is 5.13. The van der Waals surface area contributed by atoms with Crippen molar-refractivity contribution in [1.29, 1.82) is 0 Å². The normalized spacial score (nSPS) is 18.1. The van der Waals surface area contributed by atoms with E-state index in [2.05, 4.69) is 10.6 Å². The van der Waals surface area contributed by atoms with Crippen LogP contribution >= 0.6 is 0 Å². The van der Waals surface area contributed by atoms with Crippen LogP contribution < -0.4 is 10.6 Å². The van der Waals surface area contributed by atoms with E-state index in [0.29, 0.717) is 6.61 Å². The van der Waals surface area contributed by atoms with Gasteiger partial charge in [0.15, 0.2) is 0 Å². The van der Waals surface area contributed by atoms with Crippen molar-refractivity contribution in [1.82, 2.24) is 10.6 Å². The molecule has 0 aliphatic carbocycles. The second kappa shape index (κ2) is 6.93. The number of nitrogens with one attached hydrogen (secondary N) is 2. The Labute approximate surface area is 103 Å². The molecule has 0 aromatic rings. The average Bonchev–Trinajstić information content (AvgIpc) is 2.27. The zero-order valence-electron chi connectivity index (χ0n) is 11.0. The number of hydrogen-bond acceptors (Lipinski definition) is 4. The summed E-state index contributed by atoms with van der Waals surface area (Å²) in [5, 5.41) is 6.15. The molecule has 1 aliphatic rings. The van der Waals surface area contributed by atoms with Gasteiger partial charge >= 0.3 is 0 Å². The van der Waals surface area contributed by atoms with Gasteiger partial charge in [0, 0.05) is 7.11 Å². The van der Waals surface area contributed by atoms with Crippen molar-refractivity contribution in [2.24, 2.45) is 0 Å². The van der Waals surface area contributed by atoms with Gasteiger partial charge in [-0.15, -0.1) is 0 Å². The number of carbonyl (C=O) groups is 1. The molecule has 5 nitrogen and oxygen atoms in total. The number of piperidine rings is 1. The van der Waals surface area contributed by atoms with Crippen LogP contribution in [0, 0.1) is 0 Å². The van der Waals surface area contributed by atoms with Gasteiger partial charge in [0.25, 0.3) is 0 Å². The largest absolute Gasteiger partial charge is 0.382 e. The molecule has 1 saturated heterocycles. The van der Waals surface area contributed by atoms with Gasteiger partial charge in [-0.1, -0.05) is 0 Å². The quantitative estimate of drug-likeness (QED) is 0.705. The van der Waals surface area contributed by atoms with Gasteiger partial charge in [0.1, 0.15) is 6.61 Å². The van der Waals surface area contributed by atoms with E-state index in [1.165, 1.54) is 0 Å². The molecule has 0 spiro atoms. The Morgan fingerprint density at radius 3 is 2.65 bits per heavy atom. The first kappa shape index (κ1) is 14.4. The van der Waals surface area contributed by atoms with Crippen LogP contribution in [0.4, 0.5) is 0 Å². The van der Waals surface area contributed by atoms with Crippen LogP contribution in [-0.4, -0.2) is 51.0 Å². The first-order chi connectivity index (χ1) is 8.03. The molecular weight excluding hydrogens is 220 g/mol.